The molecule has 0 aliphatic heterocycles. The van der Waals surface area contributed by atoms with Crippen LogP contribution in [0, 0.1) is 6.92 Å². The van der Waals surface area contributed by atoms with E-state index in [4.69, 9.17) is 26.1 Å². The molecular formula is C26H27ClN4O3. The molecule has 0 aliphatic carbocycles. The van der Waals surface area contributed by atoms with Gasteiger partial charge in [-0.1, -0.05) is 29.8 Å². The van der Waals surface area contributed by atoms with Gasteiger partial charge in [-0.3, -0.25) is 9.48 Å². The molecule has 0 unspecified atom stereocenters. The third-order valence-corrected chi connectivity index (χ3v) is 5.89. The van der Waals surface area contributed by atoms with Crippen LogP contribution in [0.5, 0.6) is 5.75 Å². The van der Waals surface area contributed by atoms with Gasteiger partial charge in [0.1, 0.15) is 11.4 Å². The average molecular weight is 479 g/mol. The first-order valence-electron chi connectivity index (χ1n) is 10.9. The quantitative estimate of drug-likeness (QED) is 0.360. The molecule has 0 atom stereocenters. The SMILES string of the molecule is COCCN(Cc1cc2ccc(Cl)cc2nc1-c1ccccc1OC)C(=O)c1cc(C)nn1C. The van der Waals surface area contributed by atoms with Gasteiger partial charge in [0.05, 0.1) is 30.6 Å². The van der Waals surface area contributed by atoms with Crippen LogP contribution in [0.1, 0.15) is 21.7 Å². The highest BCUT2D eigenvalue weighted by molar-refractivity contribution is 6.31. The summed E-state index contributed by atoms with van der Waals surface area (Å²) >= 11 is 6.24. The van der Waals surface area contributed by atoms with E-state index < -0.39 is 0 Å². The van der Waals surface area contributed by atoms with Gasteiger partial charge in [-0.25, -0.2) is 4.98 Å². The number of hydrogen-bond donors (Lipinski definition) is 0. The Kier molecular flexibility index (Phi) is 7.14. The monoisotopic (exact) mass is 478 g/mol. The van der Waals surface area contributed by atoms with Gasteiger partial charge < -0.3 is 14.4 Å². The number of rotatable bonds is 8. The van der Waals surface area contributed by atoms with Crippen LogP contribution in [-0.2, 0) is 18.3 Å². The maximum absolute atomic E-state index is 13.5. The molecule has 0 fully saturated rings. The summed E-state index contributed by atoms with van der Waals surface area (Å²) in [6.45, 7) is 3.03. The number of para-hydroxylation sites is 1. The van der Waals surface area contributed by atoms with Crippen molar-refractivity contribution in [2.75, 3.05) is 27.4 Å². The highest BCUT2D eigenvalue weighted by atomic mass is 35.5. The Balaban J connectivity index is 1.84. The Labute approximate surface area is 203 Å². The number of amides is 1. The van der Waals surface area contributed by atoms with Gasteiger partial charge in [0.2, 0.25) is 0 Å². The summed E-state index contributed by atoms with van der Waals surface area (Å²) < 4.78 is 12.5. The van der Waals surface area contributed by atoms with Crippen molar-refractivity contribution in [3.05, 3.63) is 76.6 Å². The molecule has 0 saturated heterocycles. The molecule has 0 spiro atoms. The Morgan fingerprint density at radius 1 is 1.12 bits per heavy atom. The second kappa shape index (κ2) is 10.2. The number of halogens is 1. The number of benzene rings is 2. The molecule has 8 heteroatoms. The van der Waals surface area contributed by atoms with Crippen LogP contribution in [0.15, 0.2) is 54.6 Å². The van der Waals surface area contributed by atoms with Crippen LogP contribution in [0.2, 0.25) is 5.02 Å². The summed E-state index contributed by atoms with van der Waals surface area (Å²) in [7, 11) is 5.03. The molecule has 0 N–H and O–H groups in total. The first-order chi connectivity index (χ1) is 16.4. The summed E-state index contributed by atoms with van der Waals surface area (Å²) in [6, 6.07) is 17.2. The number of carbonyl (C=O) groups excluding carboxylic acids is 1. The summed E-state index contributed by atoms with van der Waals surface area (Å²) in [5.41, 5.74) is 4.56. The lowest BCUT2D eigenvalue weighted by Gasteiger charge is -2.24. The van der Waals surface area contributed by atoms with E-state index in [2.05, 4.69) is 11.2 Å². The third-order valence-electron chi connectivity index (χ3n) is 5.66. The smallest absolute Gasteiger partial charge is 0.272 e. The van der Waals surface area contributed by atoms with Gasteiger partial charge in [-0.15, -0.1) is 0 Å². The Bertz CT molecular complexity index is 1340. The lowest BCUT2D eigenvalue weighted by Crippen LogP contribution is -2.35. The number of methoxy groups -OCH3 is 2. The van der Waals surface area contributed by atoms with E-state index in [0.717, 1.165) is 33.4 Å². The molecule has 176 valence electrons. The second-order valence-electron chi connectivity index (χ2n) is 8.05. The normalized spacial score (nSPS) is 11.1. The third kappa shape index (κ3) is 4.90. The van der Waals surface area contributed by atoms with Gasteiger partial charge in [0.15, 0.2) is 0 Å². The van der Waals surface area contributed by atoms with E-state index in [0.29, 0.717) is 36.2 Å². The molecule has 0 radical (unpaired) electrons. The van der Waals surface area contributed by atoms with Crippen LogP contribution in [0.25, 0.3) is 22.2 Å². The number of carbonyl (C=O) groups is 1. The van der Waals surface area contributed by atoms with E-state index in [9.17, 15) is 4.79 Å². The van der Waals surface area contributed by atoms with Crippen LogP contribution in [-0.4, -0.2) is 52.9 Å². The average Bonchev–Trinajstić information content (AvgIpc) is 3.18. The van der Waals surface area contributed by atoms with Gasteiger partial charge in [0, 0.05) is 43.2 Å². The molecule has 4 aromatic rings. The minimum Gasteiger partial charge on any atom is -0.496 e. The van der Waals surface area contributed by atoms with Crippen LogP contribution < -0.4 is 4.74 Å². The summed E-state index contributed by atoms with van der Waals surface area (Å²) in [4.78, 5) is 20.2. The zero-order valence-corrected chi connectivity index (χ0v) is 20.5. The van der Waals surface area contributed by atoms with Crippen molar-refractivity contribution in [2.24, 2.45) is 7.05 Å². The molecule has 1 amide bonds. The highest BCUT2D eigenvalue weighted by Crippen LogP contribution is 2.34. The number of aromatic nitrogens is 3. The van der Waals surface area contributed by atoms with Crippen molar-refractivity contribution in [1.29, 1.82) is 0 Å². The molecule has 2 aromatic heterocycles. The molecule has 0 saturated carbocycles. The van der Waals surface area contributed by atoms with Crippen molar-refractivity contribution in [3.8, 4) is 17.0 Å². The fourth-order valence-corrected chi connectivity index (χ4v) is 4.18. The van der Waals surface area contributed by atoms with E-state index >= 15 is 0 Å². The first-order valence-corrected chi connectivity index (χ1v) is 11.3. The van der Waals surface area contributed by atoms with Crippen LogP contribution in [0.4, 0.5) is 0 Å². The summed E-state index contributed by atoms with van der Waals surface area (Å²) in [5, 5.41) is 5.89. The number of fused-ring (bicyclic) bond motifs is 1. The lowest BCUT2D eigenvalue weighted by molar-refractivity contribution is 0.0670. The fraction of sp³-hybridized carbons (Fsp3) is 0.269. The molecule has 0 bridgehead atoms. The number of aryl methyl sites for hydroxylation is 2. The zero-order chi connectivity index (χ0) is 24.2. The molecule has 2 aromatic carbocycles. The molecular weight excluding hydrogens is 452 g/mol. The van der Waals surface area contributed by atoms with Gasteiger partial charge >= 0.3 is 0 Å². The molecule has 7 nitrogen and oxygen atoms in total. The molecule has 4 rings (SSSR count). The maximum Gasteiger partial charge on any atom is 0.272 e. The molecule has 34 heavy (non-hydrogen) atoms. The maximum atomic E-state index is 13.5. The van der Waals surface area contributed by atoms with E-state index in [1.807, 2.05) is 49.4 Å². The minimum absolute atomic E-state index is 0.123. The fourth-order valence-electron chi connectivity index (χ4n) is 4.01. The van der Waals surface area contributed by atoms with Gasteiger partial charge in [0.25, 0.3) is 5.91 Å². The lowest BCUT2D eigenvalue weighted by atomic mass is 10.0. The Hall–Kier alpha value is -3.42. The topological polar surface area (TPSA) is 69.5 Å². The summed E-state index contributed by atoms with van der Waals surface area (Å²) in [6.07, 6.45) is 0. The van der Waals surface area contributed by atoms with Crippen molar-refractivity contribution >= 4 is 28.4 Å². The largest absolute Gasteiger partial charge is 0.496 e. The predicted octanol–water partition coefficient (Wildman–Crippen LogP) is 4.89. The van der Waals surface area contributed by atoms with Crippen molar-refractivity contribution < 1.29 is 14.3 Å². The number of ether oxygens (including phenoxy) is 2. The van der Waals surface area contributed by atoms with Crippen LogP contribution >= 0.6 is 11.6 Å². The van der Waals surface area contributed by atoms with E-state index in [1.165, 1.54) is 0 Å². The Morgan fingerprint density at radius 2 is 1.91 bits per heavy atom. The van der Waals surface area contributed by atoms with E-state index in [1.54, 1.807) is 36.9 Å². The van der Waals surface area contributed by atoms with Crippen LogP contribution in [0.3, 0.4) is 0 Å². The number of pyridine rings is 1. The first kappa shape index (κ1) is 23.7. The number of hydrogen-bond acceptors (Lipinski definition) is 5. The summed E-state index contributed by atoms with van der Waals surface area (Å²) in [5.74, 6) is 0.581. The molecule has 2 heterocycles. The zero-order valence-electron chi connectivity index (χ0n) is 19.7. The predicted molar refractivity (Wildman–Crippen MR) is 133 cm³/mol. The van der Waals surface area contributed by atoms with Gasteiger partial charge in [-0.2, -0.15) is 5.10 Å². The van der Waals surface area contributed by atoms with Crippen molar-refractivity contribution in [1.82, 2.24) is 19.7 Å². The second-order valence-corrected chi connectivity index (χ2v) is 8.48. The molecule has 0 aliphatic rings. The van der Waals surface area contributed by atoms with Crippen molar-refractivity contribution in [3.63, 3.8) is 0 Å². The van der Waals surface area contributed by atoms with Gasteiger partial charge in [-0.05, 0) is 48.9 Å². The minimum atomic E-state index is -0.123. The highest BCUT2D eigenvalue weighted by Gasteiger charge is 2.23. The van der Waals surface area contributed by atoms with Crippen molar-refractivity contribution in [2.45, 2.75) is 13.5 Å². The Morgan fingerprint density at radius 3 is 2.62 bits per heavy atom. The standard InChI is InChI=1S/C26H27ClN4O3/c1-17-13-23(30(2)29-17)26(32)31(11-12-33-3)16-19-14-18-9-10-20(27)15-22(18)28-25(19)21-7-5-6-8-24(21)34-4/h5-10,13-15H,11-12,16H2,1-4H3. The van der Waals surface area contributed by atoms with E-state index in [-0.39, 0.29) is 5.91 Å². The number of nitrogens with zero attached hydrogens (tertiary/aromatic N) is 4.